The molecule has 0 bridgehead atoms. The second-order valence-corrected chi connectivity index (χ2v) is 3.71. The first kappa shape index (κ1) is 12.4. The molecule has 0 aliphatic rings. The van der Waals surface area contributed by atoms with E-state index in [0.29, 0.717) is 5.56 Å². The highest BCUT2D eigenvalue weighted by Gasteiger charge is 2.22. The van der Waals surface area contributed by atoms with E-state index in [4.69, 9.17) is 11.6 Å². The molecule has 1 heterocycles. The van der Waals surface area contributed by atoms with Gasteiger partial charge in [0, 0.05) is 17.3 Å². The molecular formula is C12H12F2N4. The van der Waals surface area contributed by atoms with Crippen molar-refractivity contribution in [3.05, 3.63) is 59.3 Å². The number of aromatic nitrogens is 1. The van der Waals surface area contributed by atoms with Crippen LogP contribution >= 0.6 is 0 Å². The number of nitrogens with zero attached hydrogens (tertiary/aromatic N) is 1. The second-order valence-electron chi connectivity index (χ2n) is 3.71. The Morgan fingerprint density at radius 2 is 1.78 bits per heavy atom. The highest BCUT2D eigenvalue weighted by molar-refractivity contribution is 5.45. The van der Waals surface area contributed by atoms with E-state index in [9.17, 15) is 8.78 Å². The molecule has 0 spiro atoms. The number of anilines is 1. The lowest BCUT2D eigenvalue weighted by Crippen LogP contribution is -2.31. The molecule has 5 N–H and O–H groups in total. The van der Waals surface area contributed by atoms with Crippen molar-refractivity contribution in [1.29, 1.82) is 0 Å². The van der Waals surface area contributed by atoms with Crippen LogP contribution in [-0.4, -0.2) is 4.98 Å². The number of benzene rings is 1. The van der Waals surface area contributed by atoms with E-state index in [1.807, 2.05) is 0 Å². The number of hydrogen-bond acceptors (Lipinski definition) is 4. The number of hydrogen-bond donors (Lipinski definition) is 3. The summed E-state index contributed by atoms with van der Waals surface area (Å²) in [4.78, 5) is 3.87. The van der Waals surface area contributed by atoms with Gasteiger partial charge >= 0.3 is 0 Å². The molecule has 2 rings (SSSR count). The highest BCUT2D eigenvalue weighted by Crippen LogP contribution is 2.28. The second kappa shape index (κ2) is 5.07. The fourth-order valence-corrected chi connectivity index (χ4v) is 1.79. The lowest BCUT2D eigenvalue weighted by molar-refractivity contribution is 0.510. The SMILES string of the molecule is NNC(c1cccnc1N)c1c(F)cccc1F. The van der Waals surface area contributed by atoms with Crippen LogP contribution in [0, 0.1) is 11.6 Å². The van der Waals surface area contributed by atoms with Crippen LogP contribution < -0.4 is 17.0 Å². The van der Waals surface area contributed by atoms with Gasteiger partial charge in [0.25, 0.3) is 0 Å². The standard InChI is InChI=1S/C12H12F2N4/c13-8-4-1-5-9(14)10(8)11(18-16)7-3-2-6-17-12(7)15/h1-6,11,18H,16H2,(H2,15,17). The van der Waals surface area contributed by atoms with Crippen LogP contribution in [0.5, 0.6) is 0 Å². The molecule has 18 heavy (non-hydrogen) atoms. The van der Waals surface area contributed by atoms with Gasteiger partial charge in [0.05, 0.1) is 6.04 Å². The molecule has 0 radical (unpaired) electrons. The highest BCUT2D eigenvalue weighted by atomic mass is 19.1. The zero-order chi connectivity index (χ0) is 13.1. The summed E-state index contributed by atoms with van der Waals surface area (Å²) in [6.45, 7) is 0. The molecule has 2 aromatic rings. The van der Waals surface area contributed by atoms with Crippen LogP contribution in [0.1, 0.15) is 17.2 Å². The predicted molar refractivity (Wildman–Crippen MR) is 64.2 cm³/mol. The van der Waals surface area contributed by atoms with Gasteiger partial charge in [0.1, 0.15) is 17.5 Å². The maximum atomic E-state index is 13.7. The molecular weight excluding hydrogens is 238 g/mol. The summed E-state index contributed by atoms with van der Waals surface area (Å²) in [7, 11) is 0. The summed E-state index contributed by atoms with van der Waals surface area (Å²) in [6.07, 6.45) is 1.49. The lowest BCUT2D eigenvalue weighted by atomic mass is 9.99. The quantitative estimate of drug-likeness (QED) is 0.570. The Morgan fingerprint density at radius 3 is 2.33 bits per heavy atom. The number of hydrazine groups is 1. The minimum atomic E-state index is -0.889. The van der Waals surface area contributed by atoms with Gasteiger partial charge in [-0.1, -0.05) is 12.1 Å². The van der Waals surface area contributed by atoms with Gasteiger partial charge in [-0.2, -0.15) is 0 Å². The molecule has 1 aromatic carbocycles. The topological polar surface area (TPSA) is 77.0 Å². The number of nitrogens with one attached hydrogen (secondary N) is 1. The number of halogens is 2. The molecule has 1 aromatic heterocycles. The summed E-state index contributed by atoms with van der Waals surface area (Å²) >= 11 is 0. The summed E-state index contributed by atoms with van der Waals surface area (Å²) in [6, 6.07) is 5.95. The van der Waals surface area contributed by atoms with E-state index in [-0.39, 0.29) is 11.4 Å². The van der Waals surface area contributed by atoms with Crippen LogP contribution in [0.25, 0.3) is 0 Å². The van der Waals surface area contributed by atoms with Crippen molar-refractivity contribution >= 4 is 5.82 Å². The van der Waals surface area contributed by atoms with Crippen LogP contribution in [0.2, 0.25) is 0 Å². The zero-order valence-corrected chi connectivity index (χ0v) is 9.40. The Bertz CT molecular complexity index is 539. The molecule has 4 nitrogen and oxygen atoms in total. The summed E-state index contributed by atoms with van der Waals surface area (Å²) < 4.78 is 27.4. The molecule has 1 atom stereocenters. The first-order chi connectivity index (χ1) is 8.65. The number of nitrogen functional groups attached to an aromatic ring is 1. The van der Waals surface area contributed by atoms with Crippen LogP contribution in [0.3, 0.4) is 0 Å². The van der Waals surface area contributed by atoms with Crippen molar-refractivity contribution in [1.82, 2.24) is 10.4 Å². The molecule has 94 valence electrons. The largest absolute Gasteiger partial charge is 0.383 e. The maximum absolute atomic E-state index is 13.7. The summed E-state index contributed by atoms with van der Waals surface area (Å²) in [5.74, 6) is 4.16. The Labute approximate surface area is 103 Å². The third kappa shape index (κ3) is 2.15. The average Bonchev–Trinajstić information content (AvgIpc) is 2.35. The van der Waals surface area contributed by atoms with E-state index in [2.05, 4.69) is 10.4 Å². The zero-order valence-electron chi connectivity index (χ0n) is 9.40. The van der Waals surface area contributed by atoms with E-state index >= 15 is 0 Å². The van der Waals surface area contributed by atoms with Crippen LogP contribution in [-0.2, 0) is 0 Å². The molecule has 0 fully saturated rings. The minimum absolute atomic E-state index is 0.170. The van der Waals surface area contributed by atoms with E-state index in [1.54, 1.807) is 12.1 Å². The number of pyridine rings is 1. The normalized spacial score (nSPS) is 12.4. The van der Waals surface area contributed by atoms with Crippen molar-refractivity contribution < 1.29 is 8.78 Å². The van der Waals surface area contributed by atoms with E-state index in [0.717, 1.165) is 12.1 Å². The molecule has 0 saturated carbocycles. The molecule has 0 saturated heterocycles. The molecule has 0 aliphatic heterocycles. The van der Waals surface area contributed by atoms with Crippen molar-refractivity contribution in [2.75, 3.05) is 5.73 Å². The molecule has 0 aliphatic carbocycles. The lowest BCUT2D eigenvalue weighted by Gasteiger charge is -2.19. The third-order valence-electron chi connectivity index (χ3n) is 2.64. The third-order valence-corrected chi connectivity index (χ3v) is 2.64. The maximum Gasteiger partial charge on any atom is 0.131 e. The van der Waals surface area contributed by atoms with Crippen molar-refractivity contribution in [3.8, 4) is 0 Å². The van der Waals surface area contributed by atoms with Gasteiger partial charge < -0.3 is 5.73 Å². The van der Waals surface area contributed by atoms with Crippen molar-refractivity contribution in [2.24, 2.45) is 5.84 Å². The van der Waals surface area contributed by atoms with E-state index in [1.165, 1.54) is 12.3 Å². The van der Waals surface area contributed by atoms with Gasteiger partial charge in [-0.3, -0.25) is 5.84 Å². The first-order valence-corrected chi connectivity index (χ1v) is 5.25. The van der Waals surface area contributed by atoms with Crippen LogP contribution in [0.15, 0.2) is 36.5 Å². The average molecular weight is 250 g/mol. The predicted octanol–water partition coefficient (Wildman–Crippen LogP) is 1.49. The van der Waals surface area contributed by atoms with Crippen molar-refractivity contribution in [3.63, 3.8) is 0 Å². The smallest absolute Gasteiger partial charge is 0.131 e. The van der Waals surface area contributed by atoms with E-state index < -0.39 is 17.7 Å². The first-order valence-electron chi connectivity index (χ1n) is 5.25. The van der Waals surface area contributed by atoms with Gasteiger partial charge in [0.2, 0.25) is 0 Å². The van der Waals surface area contributed by atoms with Gasteiger partial charge in [-0.05, 0) is 18.2 Å². The Balaban J connectivity index is 2.56. The number of nitrogens with two attached hydrogens (primary N) is 2. The van der Waals surface area contributed by atoms with Crippen molar-refractivity contribution in [2.45, 2.75) is 6.04 Å². The Kier molecular flexibility index (Phi) is 3.50. The Hall–Kier alpha value is -2.05. The minimum Gasteiger partial charge on any atom is -0.383 e. The molecule has 1 unspecified atom stereocenters. The van der Waals surface area contributed by atoms with Gasteiger partial charge in [-0.15, -0.1) is 0 Å². The molecule has 0 amide bonds. The fourth-order valence-electron chi connectivity index (χ4n) is 1.79. The monoisotopic (exact) mass is 250 g/mol. The summed E-state index contributed by atoms with van der Waals surface area (Å²) in [5, 5.41) is 0. The summed E-state index contributed by atoms with van der Waals surface area (Å²) in [5.41, 5.74) is 8.28. The Morgan fingerprint density at radius 1 is 1.11 bits per heavy atom. The fraction of sp³-hybridized carbons (Fsp3) is 0.0833. The molecule has 6 heteroatoms. The van der Waals surface area contributed by atoms with Crippen LogP contribution in [0.4, 0.5) is 14.6 Å². The number of rotatable bonds is 3. The van der Waals surface area contributed by atoms with Gasteiger partial charge in [-0.25, -0.2) is 19.2 Å². The van der Waals surface area contributed by atoms with Gasteiger partial charge in [0.15, 0.2) is 0 Å².